The Morgan fingerprint density at radius 1 is 1.11 bits per heavy atom. The standard InChI is InChI=1S/C13H19F2N3/c1-10(13-11(14)4-3-5-12(13)15)16-18-8-6-17(2)7-9-18/h3-5,10,16H,6-9H2,1-2H3. The normalized spacial score (nSPS) is 20.0. The van der Waals surface area contributed by atoms with Gasteiger partial charge in [-0.1, -0.05) is 6.07 Å². The molecular weight excluding hydrogens is 236 g/mol. The van der Waals surface area contributed by atoms with Crippen LogP contribution in [0.3, 0.4) is 0 Å². The van der Waals surface area contributed by atoms with Crippen molar-refractivity contribution in [2.75, 3.05) is 33.2 Å². The average molecular weight is 255 g/mol. The van der Waals surface area contributed by atoms with Gasteiger partial charge in [-0.25, -0.2) is 19.2 Å². The summed E-state index contributed by atoms with van der Waals surface area (Å²) in [5, 5.41) is 2.02. The topological polar surface area (TPSA) is 18.5 Å². The van der Waals surface area contributed by atoms with Crippen molar-refractivity contribution < 1.29 is 8.78 Å². The molecule has 0 aromatic heterocycles. The van der Waals surface area contributed by atoms with Crippen LogP contribution >= 0.6 is 0 Å². The van der Waals surface area contributed by atoms with E-state index in [9.17, 15) is 8.78 Å². The van der Waals surface area contributed by atoms with E-state index in [1.165, 1.54) is 18.2 Å². The van der Waals surface area contributed by atoms with Gasteiger partial charge < -0.3 is 4.90 Å². The molecule has 0 bridgehead atoms. The number of piperazine rings is 1. The molecule has 1 aromatic carbocycles. The minimum Gasteiger partial charge on any atom is -0.304 e. The maximum Gasteiger partial charge on any atom is 0.130 e. The highest BCUT2D eigenvalue weighted by Crippen LogP contribution is 2.20. The van der Waals surface area contributed by atoms with Crippen molar-refractivity contribution in [2.24, 2.45) is 0 Å². The second kappa shape index (κ2) is 5.73. The molecule has 1 aliphatic rings. The van der Waals surface area contributed by atoms with E-state index in [2.05, 4.69) is 17.4 Å². The summed E-state index contributed by atoms with van der Waals surface area (Å²) in [6.07, 6.45) is 0. The number of rotatable bonds is 3. The fourth-order valence-electron chi connectivity index (χ4n) is 2.20. The lowest BCUT2D eigenvalue weighted by Crippen LogP contribution is -2.51. The first kappa shape index (κ1) is 13.4. The molecule has 0 amide bonds. The Bertz CT molecular complexity index is 383. The Labute approximate surface area is 106 Å². The Hall–Kier alpha value is -1.04. The molecule has 1 aromatic rings. The third-order valence-electron chi connectivity index (χ3n) is 3.31. The van der Waals surface area contributed by atoms with E-state index in [1.807, 2.05) is 5.01 Å². The van der Waals surface area contributed by atoms with Crippen LogP contribution in [0.5, 0.6) is 0 Å². The molecule has 0 spiro atoms. The summed E-state index contributed by atoms with van der Waals surface area (Å²) in [5.74, 6) is -0.992. The second-order valence-electron chi connectivity index (χ2n) is 4.78. The summed E-state index contributed by atoms with van der Waals surface area (Å²) < 4.78 is 27.2. The summed E-state index contributed by atoms with van der Waals surface area (Å²) in [5.41, 5.74) is 3.27. The molecule has 18 heavy (non-hydrogen) atoms. The van der Waals surface area contributed by atoms with Gasteiger partial charge in [0.05, 0.1) is 0 Å². The minimum absolute atomic E-state index is 0.108. The Balaban J connectivity index is 2.01. The van der Waals surface area contributed by atoms with Crippen LogP contribution in [0.25, 0.3) is 0 Å². The van der Waals surface area contributed by atoms with E-state index in [4.69, 9.17) is 0 Å². The molecule has 1 saturated heterocycles. The molecule has 1 atom stereocenters. The van der Waals surface area contributed by atoms with Crippen LogP contribution in [0, 0.1) is 11.6 Å². The lowest BCUT2D eigenvalue weighted by molar-refractivity contribution is 0.0885. The molecule has 5 heteroatoms. The second-order valence-corrected chi connectivity index (χ2v) is 4.78. The predicted octanol–water partition coefficient (Wildman–Crippen LogP) is 1.78. The first-order valence-corrected chi connectivity index (χ1v) is 6.21. The smallest absolute Gasteiger partial charge is 0.130 e. The fraction of sp³-hybridized carbons (Fsp3) is 0.538. The van der Waals surface area contributed by atoms with Gasteiger partial charge in [0.15, 0.2) is 0 Å². The van der Waals surface area contributed by atoms with Crippen molar-refractivity contribution >= 4 is 0 Å². The number of hydrogen-bond donors (Lipinski definition) is 1. The zero-order chi connectivity index (χ0) is 13.1. The van der Waals surface area contributed by atoms with Gasteiger partial charge >= 0.3 is 0 Å². The number of hydrogen-bond acceptors (Lipinski definition) is 3. The lowest BCUT2D eigenvalue weighted by Gasteiger charge is -2.34. The molecule has 3 nitrogen and oxygen atoms in total. The molecule has 100 valence electrons. The molecule has 2 rings (SSSR count). The summed E-state index contributed by atoms with van der Waals surface area (Å²) in [6.45, 7) is 5.41. The van der Waals surface area contributed by atoms with Crippen LogP contribution in [0.15, 0.2) is 18.2 Å². The molecule has 1 fully saturated rings. The van der Waals surface area contributed by atoms with Crippen LogP contribution < -0.4 is 5.43 Å². The number of nitrogens with zero attached hydrogens (tertiary/aromatic N) is 2. The van der Waals surface area contributed by atoms with Gasteiger partial charge in [0, 0.05) is 37.8 Å². The largest absolute Gasteiger partial charge is 0.304 e. The SMILES string of the molecule is CC(NN1CCN(C)CC1)c1c(F)cccc1F. The molecule has 1 aliphatic heterocycles. The van der Waals surface area contributed by atoms with Gasteiger partial charge in [-0.3, -0.25) is 0 Å². The molecule has 1 heterocycles. The van der Waals surface area contributed by atoms with E-state index in [0.717, 1.165) is 26.2 Å². The molecule has 1 unspecified atom stereocenters. The zero-order valence-corrected chi connectivity index (χ0v) is 10.8. The molecular formula is C13H19F2N3. The number of benzene rings is 1. The summed E-state index contributed by atoms with van der Waals surface area (Å²) in [7, 11) is 2.07. The average Bonchev–Trinajstić information content (AvgIpc) is 2.32. The lowest BCUT2D eigenvalue weighted by atomic mass is 10.1. The van der Waals surface area contributed by atoms with E-state index in [1.54, 1.807) is 6.92 Å². The monoisotopic (exact) mass is 255 g/mol. The van der Waals surface area contributed by atoms with Gasteiger partial charge in [-0.15, -0.1) is 0 Å². The van der Waals surface area contributed by atoms with Gasteiger partial charge in [-0.2, -0.15) is 0 Å². The van der Waals surface area contributed by atoms with Crippen LogP contribution in [0.4, 0.5) is 8.78 Å². The van der Waals surface area contributed by atoms with E-state index in [-0.39, 0.29) is 11.6 Å². The number of hydrazine groups is 1. The van der Waals surface area contributed by atoms with Crippen LogP contribution in [-0.4, -0.2) is 43.1 Å². The highest BCUT2D eigenvalue weighted by Gasteiger charge is 2.20. The predicted molar refractivity (Wildman–Crippen MR) is 67.0 cm³/mol. The van der Waals surface area contributed by atoms with Crippen molar-refractivity contribution in [2.45, 2.75) is 13.0 Å². The Kier molecular flexibility index (Phi) is 4.27. The van der Waals surface area contributed by atoms with E-state index in [0.29, 0.717) is 0 Å². The zero-order valence-electron chi connectivity index (χ0n) is 10.8. The van der Waals surface area contributed by atoms with Gasteiger partial charge in [-0.05, 0) is 26.1 Å². The minimum atomic E-state index is -0.496. The van der Waals surface area contributed by atoms with E-state index >= 15 is 0 Å². The number of likely N-dealkylation sites (N-methyl/N-ethyl adjacent to an activating group) is 1. The molecule has 0 aliphatic carbocycles. The van der Waals surface area contributed by atoms with Crippen LogP contribution in [0.2, 0.25) is 0 Å². The quantitative estimate of drug-likeness (QED) is 0.888. The number of halogens is 2. The third kappa shape index (κ3) is 3.04. The summed E-state index contributed by atoms with van der Waals surface area (Å²) in [4.78, 5) is 2.23. The van der Waals surface area contributed by atoms with Gasteiger partial charge in [0.1, 0.15) is 11.6 Å². The number of nitrogens with one attached hydrogen (secondary N) is 1. The summed E-state index contributed by atoms with van der Waals surface area (Å²) in [6, 6.07) is 3.60. The molecule has 1 N–H and O–H groups in total. The van der Waals surface area contributed by atoms with Crippen molar-refractivity contribution in [1.29, 1.82) is 0 Å². The highest BCUT2D eigenvalue weighted by atomic mass is 19.1. The molecule has 0 radical (unpaired) electrons. The Morgan fingerprint density at radius 2 is 1.67 bits per heavy atom. The third-order valence-corrected chi connectivity index (χ3v) is 3.31. The van der Waals surface area contributed by atoms with Crippen LogP contribution in [0.1, 0.15) is 18.5 Å². The molecule has 0 saturated carbocycles. The maximum absolute atomic E-state index is 13.6. The van der Waals surface area contributed by atoms with Crippen molar-refractivity contribution in [3.05, 3.63) is 35.4 Å². The summed E-state index contributed by atoms with van der Waals surface area (Å²) >= 11 is 0. The first-order chi connectivity index (χ1) is 8.58. The van der Waals surface area contributed by atoms with Gasteiger partial charge in [0.2, 0.25) is 0 Å². The van der Waals surface area contributed by atoms with Crippen molar-refractivity contribution in [1.82, 2.24) is 15.3 Å². The Morgan fingerprint density at radius 3 is 2.22 bits per heavy atom. The van der Waals surface area contributed by atoms with Crippen molar-refractivity contribution in [3.63, 3.8) is 0 Å². The van der Waals surface area contributed by atoms with Gasteiger partial charge in [0.25, 0.3) is 0 Å². The van der Waals surface area contributed by atoms with Crippen molar-refractivity contribution in [3.8, 4) is 0 Å². The highest BCUT2D eigenvalue weighted by molar-refractivity contribution is 5.22. The van der Waals surface area contributed by atoms with E-state index < -0.39 is 11.6 Å². The van der Waals surface area contributed by atoms with Crippen LogP contribution in [-0.2, 0) is 0 Å². The maximum atomic E-state index is 13.6. The first-order valence-electron chi connectivity index (χ1n) is 6.21. The fourth-order valence-corrected chi connectivity index (χ4v) is 2.20.